The van der Waals surface area contributed by atoms with Crippen molar-refractivity contribution in [2.24, 2.45) is 0 Å². The summed E-state index contributed by atoms with van der Waals surface area (Å²) in [5, 5.41) is 2.91. The zero-order valence-corrected chi connectivity index (χ0v) is 9.14. The fourth-order valence-corrected chi connectivity index (χ4v) is 1.18. The summed E-state index contributed by atoms with van der Waals surface area (Å²) >= 11 is 0. The van der Waals surface area contributed by atoms with Gasteiger partial charge >= 0.3 is 6.61 Å². The highest BCUT2D eigenvalue weighted by atomic mass is 19.3. The van der Waals surface area contributed by atoms with E-state index in [4.69, 9.17) is 0 Å². The molecule has 0 heterocycles. The number of halogens is 3. The first-order chi connectivity index (χ1) is 7.52. The van der Waals surface area contributed by atoms with Crippen LogP contribution in [-0.4, -0.2) is 12.7 Å². The van der Waals surface area contributed by atoms with Crippen molar-refractivity contribution in [2.45, 2.75) is 32.9 Å². The topological polar surface area (TPSA) is 21.3 Å². The second kappa shape index (κ2) is 5.63. The average Bonchev–Trinajstić information content (AvgIpc) is 2.21. The van der Waals surface area contributed by atoms with Crippen molar-refractivity contribution >= 4 is 5.69 Å². The monoisotopic (exact) mass is 233 g/mol. The minimum absolute atomic E-state index is 0.0447. The van der Waals surface area contributed by atoms with E-state index < -0.39 is 12.4 Å². The Morgan fingerprint density at radius 3 is 2.62 bits per heavy atom. The lowest BCUT2D eigenvalue weighted by molar-refractivity contribution is -0.0494. The molecule has 0 spiro atoms. The number of rotatable bonds is 5. The van der Waals surface area contributed by atoms with Crippen LogP contribution in [0.1, 0.15) is 20.3 Å². The van der Waals surface area contributed by atoms with E-state index in [0.29, 0.717) is 0 Å². The van der Waals surface area contributed by atoms with Crippen LogP contribution < -0.4 is 10.1 Å². The van der Waals surface area contributed by atoms with Gasteiger partial charge in [-0.05, 0) is 25.5 Å². The van der Waals surface area contributed by atoms with Crippen LogP contribution >= 0.6 is 0 Å². The van der Waals surface area contributed by atoms with Gasteiger partial charge in [-0.3, -0.25) is 0 Å². The number of nitrogens with one attached hydrogen (secondary N) is 1. The van der Waals surface area contributed by atoms with Crippen molar-refractivity contribution in [3.8, 4) is 5.75 Å². The highest BCUT2D eigenvalue weighted by Crippen LogP contribution is 2.27. The molecule has 0 bridgehead atoms. The first-order valence-electron chi connectivity index (χ1n) is 5.03. The lowest BCUT2D eigenvalue weighted by atomic mass is 10.2. The second-order valence-electron chi connectivity index (χ2n) is 3.47. The molecule has 0 aliphatic carbocycles. The van der Waals surface area contributed by atoms with E-state index in [-0.39, 0.29) is 17.5 Å². The van der Waals surface area contributed by atoms with Crippen molar-refractivity contribution in [1.29, 1.82) is 0 Å². The maximum Gasteiger partial charge on any atom is 0.387 e. The smallest absolute Gasteiger partial charge is 0.387 e. The Bertz CT molecular complexity index is 344. The van der Waals surface area contributed by atoms with Crippen LogP contribution in [-0.2, 0) is 0 Å². The number of alkyl halides is 2. The molecule has 0 saturated carbocycles. The number of hydrogen-bond acceptors (Lipinski definition) is 2. The van der Waals surface area contributed by atoms with Crippen molar-refractivity contribution in [3.05, 3.63) is 24.0 Å². The largest absolute Gasteiger partial charge is 0.433 e. The van der Waals surface area contributed by atoms with Gasteiger partial charge in [-0.25, -0.2) is 4.39 Å². The lowest BCUT2D eigenvalue weighted by Crippen LogP contribution is -2.15. The highest BCUT2D eigenvalue weighted by molar-refractivity contribution is 5.57. The maximum absolute atomic E-state index is 13.0. The SMILES string of the molecule is CCC(C)Nc1cc(F)ccc1OC(F)F. The van der Waals surface area contributed by atoms with E-state index in [0.717, 1.165) is 18.6 Å². The van der Waals surface area contributed by atoms with Gasteiger partial charge in [0.1, 0.15) is 11.6 Å². The van der Waals surface area contributed by atoms with Gasteiger partial charge in [0.05, 0.1) is 5.69 Å². The molecule has 5 heteroatoms. The predicted molar refractivity (Wildman–Crippen MR) is 56.4 cm³/mol. The fourth-order valence-electron chi connectivity index (χ4n) is 1.18. The van der Waals surface area contributed by atoms with Crippen LogP contribution in [0.5, 0.6) is 5.75 Å². The molecular formula is C11H14F3NO. The molecule has 0 aliphatic heterocycles. The third kappa shape index (κ3) is 3.64. The van der Waals surface area contributed by atoms with Crippen LogP contribution in [0.2, 0.25) is 0 Å². The van der Waals surface area contributed by atoms with Gasteiger partial charge in [-0.15, -0.1) is 0 Å². The number of hydrogen-bond donors (Lipinski definition) is 1. The summed E-state index contributed by atoms with van der Waals surface area (Å²) in [5.41, 5.74) is 0.245. The van der Waals surface area contributed by atoms with E-state index in [1.807, 2.05) is 13.8 Å². The zero-order chi connectivity index (χ0) is 12.1. The third-order valence-electron chi connectivity index (χ3n) is 2.17. The molecule has 1 aromatic carbocycles. The molecule has 0 aromatic heterocycles. The summed E-state index contributed by atoms with van der Waals surface area (Å²) in [5.74, 6) is -0.538. The molecule has 0 fully saturated rings. The van der Waals surface area contributed by atoms with Gasteiger partial charge in [0.15, 0.2) is 0 Å². The van der Waals surface area contributed by atoms with E-state index >= 15 is 0 Å². The Balaban J connectivity index is 2.89. The summed E-state index contributed by atoms with van der Waals surface area (Å²) in [6.45, 7) is 0.893. The molecule has 0 saturated heterocycles. The maximum atomic E-state index is 13.0. The Morgan fingerprint density at radius 2 is 2.06 bits per heavy atom. The van der Waals surface area contributed by atoms with Crippen molar-refractivity contribution in [3.63, 3.8) is 0 Å². The van der Waals surface area contributed by atoms with E-state index in [2.05, 4.69) is 10.1 Å². The van der Waals surface area contributed by atoms with E-state index in [1.54, 1.807) is 0 Å². The number of benzene rings is 1. The van der Waals surface area contributed by atoms with Crippen LogP contribution in [0, 0.1) is 5.82 Å². The molecule has 0 radical (unpaired) electrons. The van der Waals surface area contributed by atoms with Gasteiger partial charge in [0.2, 0.25) is 0 Å². The Morgan fingerprint density at radius 1 is 1.38 bits per heavy atom. The molecule has 1 aromatic rings. The quantitative estimate of drug-likeness (QED) is 0.838. The summed E-state index contributed by atoms with van der Waals surface area (Å²) < 4.78 is 41.4. The van der Waals surface area contributed by atoms with Gasteiger partial charge in [-0.2, -0.15) is 8.78 Å². The van der Waals surface area contributed by atoms with E-state index in [1.165, 1.54) is 6.07 Å². The molecule has 0 aliphatic rings. The fraction of sp³-hybridized carbons (Fsp3) is 0.455. The van der Waals surface area contributed by atoms with Crippen LogP contribution in [0.4, 0.5) is 18.9 Å². The first kappa shape index (κ1) is 12.7. The van der Waals surface area contributed by atoms with Gasteiger partial charge < -0.3 is 10.1 Å². The highest BCUT2D eigenvalue weighted by Gasteiger charge is 2.11. The van der Waals surface area contributed by atoms with E-state index in [9.17, 15) is 13.2 Å². The van der Waals surface area contributed by atoms with Crippen LogP contribution in [0.3, 0.4) is 0 Å². The minimum atomic E-state index is -2.91. The summed E-state index contributed by atoms with van der Waals surface area (Å²) in [7, 11) is 0. The summed E-state index contributed by atoms with van der Waals surface area (Å²) in [6, 6.07) is 3.47. The van der Waals surface area contributed by atoms with Gasteiger partial charge in [0, 0.05) is 12.1 Å². The normalized spacial score (nSPS) is 12.6. The molecule has 1 atom stereocenters. The van der Waals surface area contributed by atoms with Crippen molar-refractivity contribution < 1.29 is 17.9 Å². The molecule has 2 nitrogen and oxygen atoms in total. The van der Waals surface area contributed by atoms with Crippen molar-refractivity contribution in [2.75, 3.05) is 5.32 Å². The Hall–Kier alpha value is -1.39. The average molecular weight is 233 g/mol. The van der Waals surface area contributed by atoms with Gasteiger partial charge in [0.25, 0.3) is 0 Å². The minimum Gasteiger partial charge on any atom is -0.433 e. The molecule has 0 amide bonds. The first-order valence-corrected chi connectivity index (χ1v) is 5.03. The van der Waals surface area contributed by atoms with Crippen LogP contribution in [0.15, 0.2) is 18.2 Å². The second-order valence-corrected chi connectivity index (χ2v) is 3.47. The third-order valence-corrected chi connectivity index (χ3v) is 2.17. The Labute approximate surface area is 92.4 Å². The molecule has 1 rings (SSSR count). The predicted octanol–water partition coefficient (Wildman–Crippen LogP) is 3.64. The number of ether oxygens (including phenoxy) is 1. The molecular weight excluding hydrogens is 219 g/mol. The number of anilines is 1. The Kier molecular flexibility index (Phi) is 4.46. The summed E-state index contributed by atoms with van der Waals surface area (Å²) in [6.07, 6.45) is 0.796. The van der Waals surface area contributed by atoms with Crippen molar-refractivity contribution in [1.82, 2.24) is 0 Å². The summed E-state index contributed by atoms with van der Waals surface area (Å²) in [4.78, 5) is 0. The zero-order valence-electron chi connectivity index (χ0n) is 9.14. The molecule has 1 N–H and O–H groups in total. The molecule has 1 unspecified atom stereocenters. The standard InChI is InChI=1S/C11H14F3NO/c1-3-7(2)15-9-6-8(12)4-5-10(9)16-11(13)14/h4-7,11,15H,3H2,1-2H3. The molecule has 90 valence electrons. The molecule has 16 heavy (non-hydrogen) atoms. The van der Waals surface area contributed by atoms with Gasteiger partial charge in [-0.1, -0.05) is 6.92 Å². The lowest BCUT2D eigenvalue weighted by Gasteiger charge is -2.16. The van der Waals surface area contributed by atoms with Crippen LogP contribution in [0.25, 0.3) is 0 Å².